The highest BCUT2D eigenvalue weighted by Crippen LogP contribution is 2.14. The minimum absolute atomic E-state index is 0.239. The molecule has 1 fully saturated rings. The van der Waals surface area contributed by atoms with Crippen LogP contribution in [0.15, 0.2) is 0 Å². The highest BCUT2D eigenvalue weighted by molar-refractivity contribution is 4.74. The predicted octanol–water partition coefficient (Wildman–Crippen LogP) is 0.848. The van der Waals surface area contributed by atoms with Crippen LogP contribution in [0.5, 0.6) is 0 Å². The Morgan fingerprint density at radius 2 is 2.06 bits per heavy atom. The van der Waals surface area contributed by atoms with E-state index in [-0.39, 0.29) is 12.6 Å². The van der Waals surface area contributed by atoms with E-state index in [1.165, 1.54) is 0 Å². The summed E-state index contributed by atoms with van der Waals surface area (Å²) in [5.74, 6) is 0. The van der Waals surface area contributed by atoms with E-state index in [0.717, 1.165) is 52.0 Å². The van der Waals surface area contributed by atoms with Gasteiger partial charge in [0, 0.05) is 25.7 Å². The van der Waals surface area contributed by atoms with Crippen molar-refractivity contribution in [3.63, 3.8) is 0 Å². The van der Waals surface area contributed by atoms with Gasteiger partial charge in [-0.25, -0.2) is 0 Å². The first-order valence-electron chi connectivity index (χ1n) is 6.98. The van der Waals surface area contributed by atoms with Gasteiger partial charge >= 0.3 is 0 Å². The van der Waals surface area contributed by atoms with E-state index in [1.54, 1.807) is 0 Å². The van der Waals surface area contributed by atoms with Crippen molar-refractivity contribution in [2.45, 2.75) is 45.3 Å². The quantitative estimate of drug-likeness (QED) is 0.664. The number of ether oxygens (including phenoxy) is 1. The van der Waals surface area contributed by atoms with Crippen LogP contribution in [0.25, 0.3) is 0 Å². The summed E-state index contributed by atoms with van der Waals surface area (Å²) in [6.45, 7) is 9.49. The van der Waals surface area contributed by atoms with Crippen LogP contribution >= 0.6 is 0 Å². The van der Waals surface area contributed by atoms with Gasteiger partial charge in [-0.3, -0.25) is 0 Å². The molecular weight excluding hydrogens is 216 g/mol. The lowest BCUT2D eigenvalue weighted by molar-refractivity contribution is 0.0132. The van der Waals surface area contributed by atoms with Crippen molar-refractivity contribution in [1.29, 1.82) is 0 Å². The molecule has 0 radical (unpaired) electrons. The molecule has 0 spiro atoms. The van der Waals surface area contributed by atoms with Gasteiger partial charge in [0.05, 0.1) is 12.7 Å². The first-order chi connectivity index (χ1) is 8.30. The molecular formula is C13H28N2O2. The zero-order valence-electron chi connectivity index (χ0n) is 11.3. The molecule has 0 aromatic heterocycles. The van der Waals surface area contributed by atoms with E-state index in [2.05, 4.69) is 24.1 Å². The number of likely N-dealkylation sites (N-methyl/N-ethyl adjacent to an activating group) is 1. The first-order valence-corrected chi connectivity index (χ1v) is 6.98. The maximum absolute atomic E-state index is 9.20. The monoisotopic (exact) mass is 244 g/mol. The zero-order chi connectivity index (χ0) is 12.5. The molecule has 1 aliphatic rings. The van der Waals surface area contributed by atoms with Crippen LogP contribution in [0.3, 0.4) is 0 Å². The average Bonchev–Trinajstić information content (AvgIpc) is 2.36. The van der Waals surface area contributed by atoms with Crippen LogP contribution in [0.4, 0.5) is 0 Å². The molecule has 1 aliphatic heterocycles. The van der Waals surface area contributed by atoms with Crippen molar-refractivity contribution < 1.29 is 9.84 Å². The minimum Gasteiger partial charge on any atom is -0.395 e. The molecule has 1 saturated heterocycles. The number of aliphatic hydroxyl groups is 1. The number of nitrogens with zero attached hydrogens (tertiary/aromatic N) is 1. The smallest absolute Gasteiger partial charge is 0.0599 e. The van der Waals surface area contributed by atoms with Crippen LogP contribution in [-0.2, 0) is 4.74 Å². The summed E-state index contributed by atoms with van der Waals surface area (Å²) >= 11 is 0. The third kappa shape index (κ3) is 5.82. The SMILES string of the molecule is CCNC(CO)CCN1CCC(OCC)CC1. The minimum atomic E-state index is 0.239. The Bertz CT molecular complexity index is 182. The topological polar surface area (TPSA) is 44.7 Å². The van der Waals surface area contributed by atoms with Gasteiger partial charge in [0.25, 0.3) is 0 Å². The standard InChI is InChI=1S/C13H28N2O2/c1-3-14-12(11-16)5-8-15-9-6-13(7-10-15)17-4-2/h12-14,16H,3-11H2,1-2H3. The largest absolute Gasteiger partial charge is 0.395 e. The maximum atomic E-state index is 9.20. The fourth-order valence-electron chi connectivity index (χ4n) is 2.42. The molecule has 4 heteroatoms. The van der Waals surface area contributed by atoms with Crippen molar-refractivity contribution in [2.75, 3.05) is 39.4 Å². The Morgan fingerprint density at radius 3 is 2.59 bits per heavy atom. The van der Waals surface area contributed by atoms with Crippen LogP contribution in [0.1, 0.15) is 33.1 Å². The third-order valence-electron chi connectivity index (χ3n) is 3.44. The molecule has 0 bridgehead atoms. The number of piperidine rings is 1. The summed E-state index contributed by atoms with van der Waals surface area (Å²) < 4.78 is 5.64. The van der Waals surface area contributed by atoms with Gasteiger partial charge in [-0.05, 0) is 39.3 Å². The zero-order valence-corrected chi connectivity index (χ0v) is 11.3. The molecule has 4 nitrogen and oxygen atoms in total. The van der Waals surface area contributed by atoms with Crippen LogP contribution in [-0.4, -0.2) is 61.5 Å². The molecule has 0 aromatic carbocycles. The van der Waals surface area contributed by atoms with Crippen molar-refractivity contribution in [2.24, 2.45) is 0 Å². The number of rotatable bonds is 8. The molecule has 0 amide bonds. The normalized spacial score (nSPS) is 20.6. The van der Waals surface area contributed by atoms with Crippen molar-refractivity contribution in [3.8, 4) is 0 Å². The Morgan fingerprint density at radius 1 is 1.35 bits per heavy atom. The van der Waals surface area contributed by atoms with Crippen molar-refractivity contribution in [1.82, 2.24) is 10.2 Å². The van der Waals surface area contributed by atoms with E-state index in [9.17, 15) is 5.11 Å². The molecule has 0 saturated carbocycles. The summed E-state index contributed by atoms with van der Waals surface area (Å²) in [6, 6.07) is 0.254. The lowest BCUT2D eigenvalue weighted by Crippen LogP contribution is -2.41. The lowest BCUT2D eigenvalue weighted by Gasteiger charge is -2.32. The molecule has 102 valence electrons. The molecule has 1 rings (SSSR count). The highest BCUT2D eigenvalue weighted by Gasteiger charge is 2.19. The molecule has 0 aliphatic carbocycles. The Kier molecular flexibility index (Phi) is 7.77. The predicted molar refractivity (Wildman–Crippen MR) is 70.3 cm³/mol. The summed E-state index contributed by atoms with van der Waals surface area (Å²) in [5, 5.41) is 12.5. The van der Waals surface area contributed by atoms with Gasteiger partial charge in [-0.2, -0.15) is 0 Å². The fourth-order valence-corrected chi connectivity index (χ4v) is 2.42. The number of hydrogen-bond donors (Lipinski definition) is 2. The van der Waals surface area contributed by atoms with Gasteiger partial charge in [0.15, 0.2) is 0 Å². The summed E-state index contributed by atoms with van der Waals surface area (Å²) in [5.41, 5.74) is 0. The molecule has 2 N–H and O–H groups in total. The number of aliphatic hydroxyl groups excluding tert-OH is 1. The van der Waals surface area contributed by atoms with Crippen LogP contribution < -0.4 is 5.32 Å². The van der Waals surface area contributed by atoms with Gasteiger partial charge < -0.3 is 20.1 Å². The first kappa shape index (κ1) is 14.9. The summed E-state index contributed by atoms with van der Waals surface area (Å²) in [6.07, 6.45) is 3.81. The second-order valence-electron chi connectivity index (χ2n) is 4.72. The van der Waals surface area contributed by atoms with Gasteiger partial charge in [-0.15, -0.1) is 0 Å². The molecule has 1 atom stereocenters. The van der Waals surface area contributed by atoms with Crippen molar-refractivity contribution >= 4 is 0 Å². The number of hydrogen-bond acceptors (Lipinski definition) is 4. The molecule has 17 heavy (non-hydrogen) atoms. The highest BCUT2D eigenvalue weighted by atomic mass is 16.5. The maximum Gasteiger partial charge on any atom is 0.0599 e. The Labute approximate surface area is 105 Å². The lowest BCUT2D eigenvalue weighted by atomic mass is 10.1. The molecule has 1 heterocycles. The Hall–Kier alpha value is -0.160. The summed E-state index contributed by atoms with van der Waals surface area (Å²) in [4.78, 5) is 2.48. The van der Waals surface area contributed by atoms with E-state index < -0.39 is 0 Å². The van der Waals surface area contributed by atoms with E-state index >= 15 is 0 Å². The van der Waals surface area contributed by atoms with Gasteiger partial charge in [0.1, 0.15) is 0 Å². The fraction of sp³-hybridized carbons (Fsp3) is 1.00. The van der Waals surface area contributed by atoms with Gasteiger partial charge in [-0.1, -0.05) is 6.92 Å². The van der Waals surface area contributed by atoms with Gasteiger partial charge in [0.2, 0.25) is 0 Å². The van der Waals surface area contributed by atoms with E-state index in [0.29, 0.717) is 6.10 Å². The molecule has 0 aromatic rings. The number of nitrogens with one attached hydrogen (secondary N) is 1. The summed E-state index contributed by atoms with van der Waals surface area (Å²) in [7, 11) is 0. The molecule has 1 unspecified atom stereocenters. The average molecular weight is 244 g/mol. The Balaban J connectivity index is 2.12. The number of likely N-dealkylation sites (tertiary alicyclic amines) is 1. The second-order valence-corrected chi connectivity index (χ2v) is 4.72. The van der Waals surface area contributed by atoms with E-state index in [4.69, 9.17) is 4.74 Å². The van der Waals surface area contributed by atoms with E-state index in [1.807, 2.05) is 0 Å². The van der Waals surface area contributed by atoms with Crippen LogP contribution in [0.2, 0.25) is 0 Å². The third-order valence-corrected chi connectivity index (χ3v) is 3.44. The van der Waals surface area contributed by atoms with Crippen LogP contribution in [0, 0.1) is 0 Å². The van der Waals surface area contributed by atoms with Crippen molar-refractivity contribution in [3.05, 3.63) is 0 Å². The second kappa shape index (κ2) is 8.86.